The van der Waals surface area contributed by atoms with E-state index in [1.807, 2.05) is 12.1 Å². The van der Waals surface area contributed by atoms with Gasteiger partial charge in [0.1, 0.15) is 5.82 Å². The summed E-state index contributed by atoms with van der Waals surface area (Å²) in [5.41, 5.74) is 0.700. The summed E-state index contributed by atoms with van der Waals surface area (Å²) in [6, 6.07) is 4.28. The fourth-order valence-corrected chi connectivity index (χ4v) is 6.09. The zero-order valence-corrected chi connectivity index (χ0v) is 20.2. The van der Waals surface area contributed by atoms with Gasteiger partial charge >= 0.3 is 0 Å². The smallest absolute Gasteiger partial charge is 0.253 e. The van der Waals surface area contributed by atoms with Crippen molar-refractivity contribution in [2.75, 3.05) is 37.6 Å². The number of likely N-dealkylation sites (tertiary alicyclic amines) is 1. The summed E-state index contributed by atoms with van der Waals surface area (Å²) in [5.74, 6) is 2.53. The Labute approximate surface area is 195 Å². The third-order valence-electron chi connectivity index (χ3n) is 7.98. The van der Waals surface area contributed by atoms with Gasteiger partial charge in [-0.15, -0.1) is 0 Å². The molecule has 2 saturated heterocycles. The van der Waals surface area contributed by atoms with Crippen molar-refractivity contribution < 1.29 is 4.79 Å². The molecule has 0 radical (unpaired) electrons. The molecule has 178 valence electrons. The summed E-state index contributed by atoms with van der Waals surface area (Å²) < 4.78 is 0. The highest BCUT2D eigenvalue weighted by Gasteiger charge is 2.30. The molecule has 1 N–H and O–H groups in total. The van der Waals surface area contributed by atoms with E-state index in [0.29, 0.717) is 17.5 Å². The van der Waals surface area contributed by atoms with Crippen LogP contribution in [0.2, 0.25) is 0 Å². The van der Waals surface area contributed by atoms with Crippen LogP contribution in [0.25, 0.3) is 0 Å². The fourth-order valence-electron chi connectivity index (χ4n) is 6.09. The normalized spacial score (nSPS) is 26.9. The first-order valence-corrected chi connectivity index (χ1v) is 13.5. The first-order chi connectivity index (χ1) is 15.7. The maximum Gasteiger partial charge on any atom is 0.253 e. The van der Waals surface area contributed by atoms with Crippen LogP contribution in [0.5, 0.6) is 0 Å². The molecule has 0 bridgehead atoms. The Kier molecular flexibility index (Phi) is 8.84. The lowest BCUT2D eigenvalue weighted by Gasteiger charge is -2.39. The van der Waals surface area contributed by atoms with E-state index in [1.54, 1.807) is 6.20 Å². The molecule has 0 aromatic carbocycles. The second kappa shape index (κ2) is 12.0. The van der Waals surface area contributed by atoms with Gasteiger partial charge in [0.15, 0.2) is 0 Å². The summed E-state index contributed by atoms with van der Waals surface area (Å²) in [6.07, 6.45) is 17.4. The molecule has 1 amide bonds. The van der Waals surface area contributed by atoms with Crippen molar-refractivity contribution in [2.24, 2.45) is 11.8 Å². The van der Waals surface area contributed by atoms with Crippen molar-refractivity contribution in [3.05, 3.63) is 23.9 Å². The number of pyridine rings is 1. The van der Waals surface area contributed by atoms with Gasteiger partial charge < -0.3 is 15.1 Å². The average molecular weight is 441 g/mol. The zero-order chi connectivity index (χ0) is 22.2. The molecular formula is C27H44N4O. The lowest BCUT2D eigenvalue weighted by atomic mass is 9.83. The van der Waals surface area contributed by atoms with Gasteiger partial charge in [-0.1, -0.05) is 39.0 Å². The minimum Gasteiger partial charge on any atom is -0.357 e. The Morgan fingerprint density at radius 1 is 1.03 bits per heavy atom. The van der Waals surface area contributed by atoms with E-state index < -0.39 is 0 Å². The number of piperidine rings is 1. The summed E-state index contributed by atoms with van der Waals surface area (Å²) in [6.45, 7) is 8.12. The third kappa shape index (κ3) is 6.46. The number of nitrogens with zero attached hydrogens (tertiary/aromatic N) is 3. The number of amides is 1. The maximum absolute atomic E-state index is 13.0. The summed E-state index contributed by atoms with van der Waals surface area (Å²) in [4.78, 5) is 22.6. The predicted molar refractivity (Wildman–Crippen MR) is 132 cm³/mol. The van der Waals surface area contributed by atoms with Gasteiger partial charge in [0.05, 0.1) is 5.56 Å². The van der Waals surface area contributed by atoms with Gasteiger partial charge in [-0.05, 0) is 75.5 Å². The minimum absolute atomic E-state index is 0.0541. The van der Waals surface area contributed by atoms with Crippen LogP contribution in [0.15, 0.2) is 18.3 Å². The molecule has 1 aromatic rings. The lowest BCUT2D eigenvalue weighted by molar-refractivity contribution is 0.0852. The molecule has 4 rings (SSSR count). The highest BCUT2D eigenvalue weighted by Crippen LogP contribution is 2.29. The van der Waals surface area contributed by atoms with Crippen LogP contribution < -0.4 is 10.2 Å². The Morgan fingerprint density at radius 2 is 1.88 bits per heavy atom. The molecule has 0 spiro atoms. The van der Waals surface area contributed by atoms with Crippen LogP contribution in [0.3, 0.4) is 0 Å². The zero-order valence-electron chi connectivity index (χ0n) is 20.2. The van der Waals surface area contributed by atoms with Crippen LogP contribution in [-0.4, -0.2) is 54.6 Å². The van der Waals surface area contributed by atoms with Gasteiger partial charge in [0.25, 0.3) is 5.91 Å². The average Bonchev–Trinajstić information content (AvgIpc) is 3.36. The molecule has 3 aliphatic rings. The minimum atomic E-state index is 0.0541. The van der Waals surface area contributed by atoms with Crippen LogP contribution in [0.4, 0.5) is 5.82 Å². The molecule has 32 heavy (non-hydrogen) atoms. The predicted octanol–water partition coefficient (Wildman–Crippen LogP) is 5.26. The van der Waals surface area contributed by atoms with Crippen molar-refractivity contribution in [3.8, 4) is 0 Å². The van der Waals surface area contributed by atoms with E-state index in [0.717, 1.165) is 37.8 Å². The number of rotatable bonds is 9. The van der Waals surface area contributed by atoms with E-state index in [1.165, 1.54) is 83.7 Å². The number of hydrogen-bond acceptors (Lipinski definition) is 4. The Hall–Kier alpha value is -1.62. The van der Waals surface area contributed by atoms with Gasteiger partial charge in [-0.25, -0.2) is 4.98 Å². The van der Waals surface area contributed by atoms with Gasteiger partial charge in [0.2, 0.25) is 0 Å². The summed E-state index contributed by atoms with van der Waals surface area (Å²) >= 11 is 0. The molecule has 3 fully saturated rings. The molecule has 3 heterocycles. The lowest BCUT2D eigenvalue weighted by Crippen LogP contribution is -2.48. The van der Waals surface area contributed by atoms with E-state index >= 15 is 0 Å². The molecule has 5 heteroatoms. The molecular weight excluding hydrogens is 396 g/mol. The van der Waals surface area contributed by atoms with Crippen LogP contribution in [0.1, 0.15) is 94.3 Å². The summed E-state index contributed by atoms with van der Waals surface area (Å²) in [7, 11) is 0. The molecule has 3 atom stereocenters. The van der Waals surface area contributed by atoms with E-state index in [-0.39, 0.29) is 5.91 Å². The SMILES string of the molecule is CCCCCC1CCCN(C[C@@H]2CCCCC2NC(=O)c2ccc(N3CCCC3)nc2)C1. The molecule has 2 unspecified atom stereocenters. The Balaban J connectivity index is 1.29. The Morgan fingerprint density at radius 3 is 2.66 bits per heavy atom. The van der Waals surface area contributed by atoms with Gasteiger partial charge in [-0.2, -0.15) is 0 Å². The van der Waals surface area contributed by atoms with Crippen LogP contribution >= 0.6 is 0 Å². The molecule has 1 saturated carbocycles. The number of nitrogens with one attached hydrogen (secondary N) is 1. The van der Waals surface area contributed by atoms with Crippen LogP contribution in [-0.2, 0) is 0 Å². The highest BCUT2D eigenvalue weighted by molar-refractivity contribution is 5.94. The maximum atomic E-state index is 13.0. The number of anilines is 1. The fraction of sp³-hybridized carbons (Fsp3) is 0.778. The van der Waals surface area contributed by atoms with Crippen LogP contribution in [0, 0.1) is 11.8 Å². The molecule has 1 aromatic heterocycles. The number of carbonyl (C=O) groups excluding carboxylic acids is 1. The van der Waals surface area contributed by atoms with Crippen molar-refractivity contribution in [1.29, 1.82) is 0 Å². The molecule has 1 aliphatic carbocycles. The van der Waals surface area contributed by atoms with E-state index in [4.69, 9.17) is 0 Å². The van der Waals surface area contributed by atoms with Crippen molar-refractivity contribution in [3.63, 3.8) is 0 Å². The number of carbonyl (C=O) groups is 1. The van der Waals surface area contributed by atoms with E-state index in [2.05, 4.69) is 27.0 Å². The largest absolute Gasteiger partial charge is 0.357 e. The van der Waals surface area contributed by atoms with Gasteiger partial charge in [-0.3, -0.25) is 4.79 Å². The molecule has 2 aliphatic heterocycles. The van der Waals surface area contributed by atoms with Crippen molar-refractivity contribution >= 4 is 11.7 Å². The molecule has 5 nitrogen and oxygen atoms in total. The van der Waals surface area contributed by atoms with E-state index in [9.17, 15) is 4.79 Å². The van der Waals surface area contributed by atoms with Crippen molar-refractivity contribution in [2.45, 2.75) is 90.0 Å². The Bertz CT molecular complexity index is 700. The third-order valence-corrected chi connectivity index (χ3v) is 7.98. The second-order valence-corrected chi connectivity index (χ2v) is 10.5. The van der Waals surface area contributed by atoms with Gasteiger partial charge in [0, 0.05) is 38.4 Å². The topological polar surface area (TPSA) is 48.5 Å². The number of unbranched alkanes of at least 4 members (excludes halogenated alkanes) is 2. The number of aromatic nitrogens is 1. The quantitative estimate of drug-likeness (QED) is 0.532. The second-order valence-electron chi connectivity index (χ2n) is 10.5. The highest BCUT2D eigenvalue weighted by atomic mass is 16.1. The first kappa shape index (κ1) is 23.5. The number of hydrogen-bond donors (Lipinski definition) is 1. The monoisotopic (exact) mass is 440 g/mol. The van der Waals surface area contributed by atoms with Crippen molar-refractivity contribution in [1.82, 2.24) is 15.2 Å². The summed E-state index contributed by atoms with van der Waals surface area (Å²) in [5, 5.41) is 3.40. The first-order valence-electron chi connectivity index (χ1n) is 13.5. The standard InChI is InChI=1S/C27H44N4O/c1-2-3-4-10-22-11-9-16-30(20-22)21-24-12-5-6-13-25(24)29-27(32)23-14-15-26(28-19-23)31-17-7-8-18-31/h14-15,19,22,24-25H,2-13,16-18,20-21H2,1H3,(H,29,32)/t22?,24-,25?/m0/s1.